The quantitative estimate of drug-likeness (QED) is 0.783. The first-order valence-corrected chi connectivity index (χ1v) is 6.82. The monoisotopic (exact) mass is 283 g/mol. The van der Waals surface area contributed by atoms with Gasteiger partial charge in [-0.05, 0) is 36.8 Å². The summed E-state index contributed by atoms with van der Waals surface area (Å²) in [6, 6.07) is 15.6. The third-order valence-corrected chi connectivity index (χ3v) is 3.33. The molecule has 0 amide bonds. The minimum Gasteiger partial charge on any atom is -0.364 e. The van der Waals surface area contributed by atoms with Crippen LogP contribution in [0.1, 0.15) is 11.3 Å². The highest BCUT2D eigenvalue weighted by Crippen LogP contribution is 2.17. The second-order valence-electron chi connectivity index (χ2n) is 4.63. The van der Waals surface area contributed by atoms with E-state index in [1.165, 1.54) is 0 Å². The fourth-order valence-corrected chi connectivity index (χ4v) is 2.30. The fourth-order valence-electron chi connectivity index (χ4n) is 2.09. The zero-order valence-corrected chi connectivity index (χ0v) is 11.9. The molecule has 3 aromatic rings. The molecule has 0 unspecified atom stereocenters. The molecule has 0 saturated heterocycles. The number of para-hydroxylation sites is 2. The number of hydrogen-bond acceptors (Lipinski definition) is 3. The lowest BCUT2D eigenvalue weighted by Crippen LogP contribution is -2.04. The van der Waals surface area contributed by atoms with E-state index in [4.69, 9.17) is 11.6 Å². The number of rotatable bonds is 3. The zero-order chi connectivity index (χ0) is 13.9. The van der Waals surface area contributed by atoms with Crippen LogP contribution >= 0.6 is 11.6 Å². The number of aromatic nitrogens is 2. The average molecular weight is 284 g/mol. The zero-order valence-electron chi connectivity index (χ0n) is 11.1. The van der Waals surface area contributed by atoms with Crippen molar-refractivity contribution in [2.24, 2.45) is 0 Å². The first-order chi connectivity index (χ1) is 9.72. The fraction of sp³-hybridized carbons (Fsp3) is 0.125. The molecule has 0 aliphatic heterocycles. The molecule has 0 bridgehead atoms. The van der Waals surface area contributed by atoms with E-state index in [0.717, 1.165) is 33.1 Å². The van der Waals surface area contributed by atoms with Gasteiger partial charge in [0.2, 0.25) is 0 Å². The number of anilines is 1. The Morgan fingerprint density at radius 2 is 1.75 bits per heavy atom. The molecule has 0 spiro atoms. The highest BCUT2D eigenvalue weighted by molar-refractivity contribution is 6.30. The third-order valence-electron chi connectivity index (χ3n) is 3.09. The van der Waals surface area contributed by atoms with Gasteiger partial charge >= 0.3 is 0 Å². The lowest BCUT2D eigenvalue weighted by atomic mass is 10.2. The van der Waals surface area contributed by atoms with E-state index in [0.29, 0.717) is 6.54 Å². The van der Waals surface area contributed by atoms with Crippen molar-refractivity contribution in [3.63, 3.8) is 0 Å². The molecule has 100 valence electrons. The Morgan fingerprint density at radius 1 is 1.00 bits per heavy atom. The van der Waals surface area contributed by atoms with Crippen molar-refractivity contribution < 1.29 is 0 Å². The van der Waals surface area contributed by atoms with Crippen molar-refractivity contribution >= 4 is 28.5 Å². The van der Waals surface area contributed by atoms with Crippen LogP contribution in [0.25, 0.3) is 11.0 Å². The normalized spacial score (nSPS) is 10.7. The summed E-state index contributed by atoms with van der Waals surface area (Å²) < 4.78 is 0. The van der Waals surface area contributed by atoms with Crippen molar-refractivity contribution in [3.05, 3.63) is 64.8 Å². The van der Waals surface area contributed by atoms with Crippen LogP contribution in [-0.2, 0) is 6.54 Å². The summed E-state index contributed by atoms with van der Waals surface area (Å²) in [5, 5.41) is 4.06. The molecule has 0 aliphatic carbocycles. The molecule has 3 nitrogen and oxygen atoms in total. The van der Waals surface area contributed by atoms with Crippen LogP contribution in [0.3, 0.4) is 0 Å². The Kier molecular flexibility index (Phi) is 3.52. The topological polar surface area (TPSA) is 37.8 Å². The van der Waals surface area contributed by atoms with E-state index < -0.39 is 0 Å². The average Bonchev–Trinajstić information content (AvgIpc) is 2.45. The van der Waals surface area contributed by atoms with E-state index in [1.54, 1.807) is 0 Å². The first kappa shape index (κ1) is 12.9. The highest BCUT2D eigenvalue weighted by atomic mass is 35.5. The van der Waals surface area contributed by atoms with Crippen LogP contribution in [0.15, 0.2) is 48.5 Å². The minimum absolute atomic E-state index is 0.675. The van der Waals surface area contributed by atoms with Gasteiger partial charge in [0.25, 0.3) is 0 Å². The van der Waals surface area contributed by atoms with Gasteiger partial charge in [-0.15, -0.1) is 0 Å². The van der Waals surface area contributed by atoms with Gasteiger partial charge in [0.05, 0.1) is 16.7 Å². The lowest BCUT2D eigenvalue weighted by molar-refractivity contribution is 1.08. The SMILES string of the molecule is Cc1nc2ccccc2nc1NCc1cccc(Cl)c1. The van der Waals surface area contributed by atoms with Crippen LogP contribution in [-0.4, -0.2) is 9.97 Å². The summed E-state index contributed by atoms with van der Waals surface area (Å²) in [6.07, 6.45) is 0. The third kappa shape index (κ3) is 2.73. The molecule has 0 saturated carbocycles. The molecular weight excluding hydrogens is 270 g/mol. The van der Waals surface area contributed by atoms with Gasteiger partial charge in [-0.2, -0.15) is 0 Å². The molecule has 0 aliphatic rings. The number of nitrogens with zero attached hydrogens (tertiary/aromatic N) is 2. The Hall–Kier alpha value is -2.13. The number of benzene rings is 2. The van der Waals surface area contributed by atoms with Crippen LogP contribution < -0.4 is 5.32 Å². The number of fused-ring (bicyclic) bond motifs is 1. The number of nitrogens with one attached hydrogen (secondary N) is 1. The van der Waals surface area contributed by atoms with Crippen molar-refractivity contribution in [2.75, 3.05) is 5.32 Å². The minimum atomic E-state index is 0.675. The maximum absolute atomic E-state index is 5.98. The second kappa shape index (κ2) is 5.47. The van der Waals surface area contributed by atoms with E-state index in [2.05, 4.69) is 15.3 Å². The number of aryl methyl sites for hydroxylation is 1. The second-order valence-corrected chi connectivity index (χ2v) is 5.07. The van der Waals surface area contributed by atoms with Gasteiger partial charge in [0.15, 0.2) is 0 Å². The Morgan fingerprint density at radius 3 is 2.50 bits per heavy atom. The van der Waals surface area contributed by atoms with Crippen LogP contribution in [0.5, 0.6) is 0 Å². The number of hydrogen-bond donors (Lipinski definition) is 1. The van der Waals surface area contributed by atoms with Crippen molar-refractivity contribution in [2.45, 2.75) is 13.5 Å². The maximum atomic E-state index is 5.98. The van der Waals surface area contributed by atoms with E-state index in [9.17, 15) is 0 Å². The van der Waals surface area contributed by atoms with Gasteiger partial charge in [-0.25, -0.2) is 9.97 Å². The van der Waals surface area contributed by atoms with Crippen LogP contribution in [0.4, 0.5) is 5.82 Å². The summed E-state index contributed by atoms with van der Waals surface area (Å²) in [5.74, 6) is 0.809. The van der Waals surface area contributed by atoms with Gasteiger partial charge in [0.1, 0.15) is 5.82 Å². The van der Waals surface area contributed by atoms with Gasteiger partial charge in [0, 0.05) is 11.6 Å². The van der Waals surface area contributed by atoms with Crippen molar-refractivity contribution in [1.29, 1.82) is 0 Å². The predicted molar refractivity (Wildman–Crippen MR) is 83.1 cm³/mol. The Bertz CT molecular complexity index is 756. The van der Waals surface area contributed by atoms with Crippen molar-refractivity contribution in [1.82, 2.24) is 9.97 Å². The van der Waals surface area contributed by atoms with Gasteiger partial charge < -0.3 is 5.32 Å². The summed E-state index contributed by atoms with van der Waals surface area (Å²) in [7, 11) is 0. The molecule has 0 fully saturated rings. The molecule has 0 atom stereocenters. The van der Waals surface area contributed by atoms with Gasteiger partial charge in [-0.3, -0.25) is 0 Å². The molecule has 1 heterocycles. The van der Waals surface area contributed by atoms with E-state index in [-0.39, 0.29) is 0 Å². The smallest absolute Gasteiger partial charge is 0.148 e. The number of halogens is 1. The standard InChI is InChI=1S/C16H14ClN3/c1-11-16(18-10-12-5-4-6-13(17)9-12)20-15-8-3-2-7-14(15)19-11/h2-9H,10H2,1H3,(H,18,20). The predicted octanol–water partition coefficient (Wildman–Crippen LogP) is 4.20. The summed E-state index contributed by atoms with van der Waals surface area (Å²) in [4.78, 5) is 9.16. The summed E-state index contributed by atoms with van der Waals surface area (Å²) in [6.45, 7) is 2.63. The molecule has 3 rings (SSSR count). The van der Waals surface area contributed by atoms with Gasteiger partial charge in [-0.1, -0.05) is 35.9 Å². The largest absolute Gasteiger partial charge is 0.364 e. The maximum Gasteiger partial charge on any atom is 0.148 e. The molecule has 4 heteroatoms. The molecule has 0 radical (unpaired) electrons. The van der Waals surface area contributed by atoms with Crippen LogP contribution in [0.2, 0.25) is 5.02 Å². The van der Waals surface area contributed by atoms with E-state index >= 15 is 0 Å². The summed E-state index contributed by atoms with van der Waals surface area (Å²) >= 11 is 5.98. The molecule has 20 heavy (non-hydrogen) atoms. The highest BCUT2D eigenvalue weighted by Gasteiger charge is 2.04. The molecule has 2 aromatic carbocycles. The van der Waals surface area contributed by atoms with Crippen molar-refractivity contribution in [3.8, 4) is 0 Å². The van der Waals surface area contributed by atoms with E-state index in [1.807, 2.05) is 55.5 Å². The first-order valence-electron chi connectivity index (χ1n) is 6.44. The molecule has 1 N–H and O–H groups in total. The molecular formula is C16H14ClN3. The lowest BCUT2D eigenvalue weighted by Gasteiger charge is -2.09. The Balaban J connectivity index is 1.85. The Labute approximate surface area is 122 Å². The van der Waals surface area contributed by atoms with Crippen LogP contribution in [0, 0.1) is 6.92 Å². The molecule has 1 aromatic heterocycles. The summed E-state index contributed by atoms with van der Waals surface area (Å²) in [5.41, 5.74) is 3.82.